The Morgan fingerprint density at radius 1 is 1.21 bits per heavy atom. The first-order valence-electron chi connectivity index (χ1n) is 10.7. The molecule has 0 saturated heterocycles. The zero-order valence-electron chi connectivity index (χ0n) is 18.6. The number of fused-ring (bicyclic) bond motifs is 2. The van der Waals surface area contributed by atoms with E-state index in [2.05, 4.69) is 10.4 Å². The maximum absolute atomic E-state index is 13.3. The third-order valence-electron chi connectivity index (χ3n) is 5.71. The average Bonchev–Trinajstić information content (AvgIpc) is 3.39. The van der Waals surface area contributed by atoms with Crippen LogP contribution in [0.15, 0.2) is 64.7 Å². The summed E-state index contributed by atoms with van der Waals surface area (Å²) < 4.78 is 3.34. The highest BCUT2D eigenvalue weighted by atomic mass is 32.2. The quantitative estimate of drug-likeness (QED) is 0.458. The number of aromatic nitrogens is 4. The van der Waals surface area contributed by atoms with Crippen LogP contribution in [0, 0.1) is 6.92 Å². The van der Waals surface area contributed by atoms with Crippen LogP contribution in [0.2, 0.25) is 0 Å². The fourth-order valence-corrected chi connectivity index (χ4v) is 5.13. The van der Waals surface area contributed by atoms with Gasteiger partial charge in [-0.3, -0.25) is 14.2 Å². The Morgan fingerprint density at radius 2 is 2.00 bits per heavy atom. The summed E-state index contributed by atoms with van der Waals surface area (Å²) >= 11 is 1.49. The van der Waals surface area contributed by atoms with Gasteiger partial charge in [0.05, 0.1) is 17.9 Å². The molecule has 0 saturated carbocycles. The van der Waals surface area contributed by atoms with Gasteiger partial charge in [0, 0.05) is 37.6 Å². The number of benzene rings is 2. The smallest absolute Gasteiger partial charge is 0.265 e. The molecule has 3 heterocycles. The number of carbonyl (C=O) groups is 1. The monoisotopic (exact) mass is 460 g/mol. The standard InChI is InChI=1S/C24H24N6O2S/c1-15-5-4-6-18(11-15)30-22-20(13-25-30)23(32)29-19(14-33-24(29)27-22)12-21(31)26-16-7-9-17(10-8-16)28(2)3/h4-11,13,19H,12,14H2,1-3H3,(H,26,31). The number of amides is 1. The molecule has 5 rings (SSSR count). The molecule has 1 aliphatic rings. The van der Waals surface area contributed by atoms with E-state index in [-0.39, 0.29) is 23.9 Å². The van der Waals surface area contributed by atoms with Gasteiger partial charge in [-0.25, -0.2) is 9.67 Å². The number of rotatable bonds is 5. The largest absolute Gasteiger partial charge is 0.378 e. The first-order valence-corrected chi connectivity index (χ1v) is 11.7. The number of hydrogen-bond donors (Lipinski definition) is 1. The van der Waals surface area contributed by atoms with E-state index in [1.54, 1.807) is 15.4 Å². The molecule has 2 aromatic heterocycles. The Balaban J connectivity index is 1.39. The zero-order valence-corrected chi connectivity index (χ0v) is 19.5. The van der Waals surface area contributed by atoms with E-state index in [0.717, 1.165) is 22.6 Å². The van der Waals surface area contributed by atoms with Crippen LogP contribution in [-0.2, 0) is 4.79 Å². The Morgan fingerprint density at radius 3 is 2.73 bits per heavy atom. The molecule has 1 N–H and O–H groups in total. The third kappa shape index (κ3) is 4.00. The van der Waals surface area contributed by atoms with Crippen molar-refractivity contribution in [1.82, 2.24) is 19.3 Å². The van der Waals surface area contributed by atoms with E-state index in [1.807, 2.05) is 74.4 Å². The van der Waals surface area contributed by atoms with Crippen LogP contribution in [-0.4, -0.2) is 45.1 Å². The van der Waals surface area contributed by atoms with E-state index in [4.69, 9.17) is 4.98 Å². The van der Waals surface area contributed by atoms with Crippen molar-refractivity contribution in [2.75, 3.05) is 30.1 Å². The molecule has 0 aliphatic carbocycles. The zero-order chi connectivity index (χ0) is 23.1. The molecule has 0 spiro atoms. The summed E-state index contributed by atoms with van der Waals surface area (Å²) in [5, 5.41) is 8.42. The summed E-state index contributed by atoms with van der Waals surface area (Å²) in [5.41, 5.74) is 4.13. The van der Waals surface area contributed by atoms with Crippen LogP contribution < -0.4 is 15.8 Å². The van der Waals surface area contributed by atoms with Gasteiger partial charge in [-0.1, -0.05) is 23.9 Å². The molecule has 4 aromatic rings. The van der Waals surface area contributed by atoms with Crippen molar-refractivity contribution < 1.29 is 4.79 Å². The molecule has 8 nitrogen and oxygen atoms in total. The number of carbonyl (C=O) groups excluding carboxylic acids is 1. The van der Waals surface area contributed by atoms with Gasteiger partial charge >= 0.3 is 0 Å². The lowest BCUT2D eigenvalue weighted by atomic mass is 10.2. The van der Waals surface area contributed by atoms with Crippen LogP contribution >= 0.6 is 11.8 Å². The second kappa shape index (κ2) is 8.40. The van der Waals surface area contributed by atoms with E-state index in [9.17, 15) is 9.59 Å². The van der Waals surface area contributed by atoms with Crippen molar-refractivity contribution >= 4 is 40.1 Å². The Labute approximate surface area is 195 Å². The predicted molar refractivity (Wildman–Crippen MR) is 132 cm³/mol. The summed E-state index contributed by atoms with van der Waals surface area (Å²) in [7, 11) is 3.94. The topological polar surface area (TPSA) is 85.0 Å². The van der Waals surface area contributed by atoms with Crippen molar-refractivity contribution in [2.45, 2.75) is 24.5 Å². The molecule has 0 fully saturated rings. The Hall–Kier alpha value is -3.59. The molecule has 1 aliphatic heterocycles. The molecule has 168 valence electrons. The molecular formula is C24H24N6O2S. The van der Waals surface area contributed by atoms with Crippen LogP contribution in [0.4, 0.5) is 11.4 Å². The minimum atomic E-state index is -0.252. The second-order valence-electron chi connectivity index (χ2n) is 8.36. The number of nitrogens with zero attached hydrogens (tertiary/aromatic N) is 5. The normalized spacial score (nSPS) is 14.9. The number of thioether (sulfide) groups is 1. The fraction of sp³-hybridized carbons (Fsp3) is 0.250. The van der Waals surface area contributed by atoms with E-state index >= 15 is 0 Å². The van der Waals surface area contributed by atoms with Gasteiger partial charge < -0.3 is 10.2 Å². The Bertz CT molecular complexity index is 1410. The molecule has 9 heteroatoms. The third-order valence-corrected chi connectivity index (χ3v) is 6.80. The van der Waals surface area contributed by atoms with Crippen molar-refractivity contribution in [3.05, 3.63) is 70.6 Å². The van der Waals surface area contributed by atoms with Crippen LogP contribution in [0.3, 0.4) is 0 Å². The van der Waals surface area contributed by atoms with E-state index in [1.165, 1.54) is 11.8 Å². The molecular weight excluding hydrogens is 436 g/mol. The first-order chi connectivity index (χ1) is 15.9. The van der Waals surface area contributed by atoms with Gasteiger partial charge in [-0.15, -0.1) is 0 Å². The lowest BCUT2D eigenvalue weighted by Crippen LogP contribution is -2.27. The SMILES string of the molecule is Cc1cccc(-n2ncc3c(=O)n4c(nc32)SCC4CC(=O)Nc2ccc(N(C)C)cc2)c1. The lowest BCUT2D eigenvalue weighted by Gasteiger charge is -2.15. The van der Waals surface area contributed by atoms with E-state index in [0.29, 0.717) is 21.9 Å². The minimum absolute atomic E-state index is 0.131. The lowest BCUT2D eigenvalue weighted by molar-refractivity contribution is -0.116. The predicted octanol–water partition coefficient (Wildman–Crippen LogP) is 3.63. The summed E-state index contributed by atoms with van der Waals surface area (Å²) in [6.45, 7) is 2.01. The average molecular weight is 461 g/mol. The number of nitrogens with one attached hydrogen (secondary N) is 1. The maximum Gasteiger partial charge on any atom is 0.265 e. The van der Waals surface area contributed by atoms with Gasteiger partial charge in [0.25, 0.3) is 5.56 Å². The molecule has 2 aromatic carbocycles. The summed E-state index contributed by atoms with van der Waals surface area (Å²) in [4.78, 5) is 32.8. The van der Waals surface area contributed by atoms with Gasteiger partial charge in [-0.2, -0.15) is 5.10 Å². The molecule has 1 amide bonds. The molecule has 0 radical (unpaired) electrons. The summed E-state index contributed by atoms with van der Waals surface area (Å²) in [5.74, 6) is 0.494. The molecule has 1 atom stereocenters. The Kier molecular flexibility index (Phi) is 5.41. The number of anilines is 2. The highest BCUT2D eigenvalue weighted by Gasteiger charge is 2.29. The van der Waals surface area contributed by atoms with Gasteiger partial charge in [0.2, 0.25) is 5.91 Å². The minimum Gasteiger partial charge on any atom is -0.378 e. The maximum atomic E-state index is 13.3. The number of aryl methyl sites for hydroxylation is 1. The van der Waals surface area contributed by atoms with E-state index < -0.39 is 0 Å². The second-order valence-corrected chi connectivity index (χ2v) is 9.35. The van der Waals surface area contributed by atoms with Crippen molar-refractivity contribution in [1.29, 1.82) is 0 Å². The van der Waals surface area contributed by atoms with Crippen LogP contribution in [0.1, 0.15) is 18.0 Å². The molecule has 33 heavy (non-hydrogen) atoms. The highest BCUT2D eigenvalue weighted by Crippen LogP contribution is 2.33. The van der Waals surface area contributed by atoms with Crippen LogP contribution in [0.5, 0.6) is 0 Å². The van der Waals surface area contributed by atoms with Crippen molar-refractivity contribution in [2.24, 2.45) is 0 Å². The molecule has 1 unspecified atom stereocenters. The summed E-state index contributed by atoms with van der Waals surface area (Å²) in [6.07, 6.45) is 1.77. The van der Waals surface area contributed by atoms with Crippen molar-refractivity contribution in [3.8, 4) is 5.69 Å². The highest BCUT2D eigenvalue weighted by molar-refractivity contribution is 7.99. The fourth-order valence-electron chi connectivity index (χ4n) is 4.00. The van der Waals surface area contributed by atoms with Gasteiger partial charge in [-0.05, 0) is 48.9 Å². The molecule has 0 bridgehead atoms. The van der Waals surface area contributed by atoms with Gasteiger partial charge in [0.15, 0.2) is 10.8 Å². The first kappa shape index (κ1) is 21.3. The summed E-state index contributed by atoms with van der Waals surface area (Å²) in [6, 6.07) is 15.3. The van der Waals surface area contributed by atoms with Crippen LogP contribution in [0.25, 0.3) is 16.7 Å². The number of hydrogen-bond acceptors (Lipinski definition) is 6. The van der Waals surface area contributed by atoms with Gasteiger partial charge in [0.1, 0.15) is 5.39 Å². The van der Waals surface area contributed by atoms with Crippen molar-refractivity contribution in [3.63, 3.8) is 0 Å².